The van der Waals surface area contributed by atoms with Gasteiger partial charge in [-0.2, -0.15) is 0 Å². The molecule has 5 heteroatoms. The molecule has 0 unspecified atom stereocenters. The molecule has 7 rings (SSSR count). The maximum Gasteiger partial charge on any atom is 0.412 e. The predicted octanol–water partition coefficient (Wildman–Crippen LogP) is 9.49. The molecule has 0 heterocycles. The van der Waals surface area contributed by atoms with Gasteiger partial charge in [-0.05, 0) is 88.7 Å². The minimum Gasteiger partial charge on any atom is -0.441 e. The topological polar surface area (TPSA) is 47.6 Å². The fourth-order valence-electron chi connectivity index (χ4n) is 9.62. The maximum absolute atomic E-state index is 13.7. The van der Waals surface area contributed by atoms with Crippen LogP contribution in [0.1, 0.15) is 66.2 Å². The fourth-order valence-corrected chi connectivity index (χ4v) is 14.4. The van der Waals surface area contributed by atoms with Gasteiger partial charge in [0.05, 0.1) is 5.69 Å². The van der Waals surface area contributed by atoms with Crippen molar-refractivity contribution in [2.45, 2.75) is 83.5 Å². The van der Waals surface area contributed by atoms with E-state index in [1.165, 1.54) is 29.6 Å². The Balaban J connectivity index is 1.25. The van der Waals surface area contributed by atoms with Crippen molar-refractivity contribution in [3.05, 3.63) is 115 Å². The molecule has 1 amide bonds. The van der Waals surface area contributed by atoms with Gasteiger partial charge in [0, 0.05) is 17.4 Å². The number of amides is 1. The molecule has 0 saturated heterocycles. The number of benzene rings is 4. The molecule has 1 N–H and O–H groups in total. The number of nitrogens with one attached hydrogen (secondary N) is 1. The summed E-state index contributed by atoms with van der Waals surface area (Å²) in [5.74, 6) is 0.909. The van der Waals surface area contributed by atoms with Crippen molar-refractivity contribution < 1.29 is 14.0 Å². The van der Waals surface area contributed by atoms with Crippen molar-refractivity contribution in [2.75, 3.05) is 5.32 Å². The number of hydrogen-bond acceptors (Lipinski definition) is 3. The molecule has 6 atom stereocenters. The number of rotatable bonds is 6. The van der Waals surface area contributed by atoms with Gasteiger partial charge in [-0.3, -0.25) is 5.32 Å². The number of carbonyl (C=O) groups is 1. The molecule has 0 aromatic heterocycles. The summed E-state index contributed by atoms with van der Waals surface area (Å²) in [6.45, 7) is 9.49. The van der Waals surface area contributed by atoms with Gasteiger partial charge >= 0.3 is 6.09 Å². The van der Waals surface area contributed by atoms with E-state index in [1.807, 2.05) is 30.3 Å². The van der Waals surface area contributed by atoms with E-state index in [9.17, 15) is 4.79 Å². The molecule has 2 bridgehead atoms. The van der Waals surface area contributed by atoms with Crippen LogP contribution in [0.15, 0.2) is 115 Å². The number of fused-ring (bicyclic) bond motifs is 1. The lowest BCUT2D eigenvalue weighted by Crippen LogP contribution is -2.68. The highest BCUT2D eigenvalue weighted by Gasteiger charge is 2.61. The first-order chi connectivity index (χ1) is 22.7. The molecule has 3 aliphatic carbocycles. The molecule has 244 valence electrons. The van der Waals surface area contributed by atoms with E-state index < -0.39 is 8.32 Å². The Morgan fingerprint density at radius 2 is 1.45 bits per heavy atom. The van der Waals surface area contributed by atoms with E-state index in [0.717, 1.165) is 35.7 Å². The molecule has 47 heavy (non-hydrogen) atoms. The first-order valence-corrected chi connectivity index (χ1v) is 19.5. The zero-order valence-electron chi connectivity index (χ0n) is 28.3. The van der Waals surface area contributed by atoms with E-state index >= 15 is 0 Å². The van der Waals surface area contributed by atoms with Gasteiger partial charge in [0.15, 0.2) is 0 Å². The second-order valence-corrected chi connectivity index (χ2v) is 19.6. The Bertz CT molecular complexity index is 1690. The highest BCUT2D eigenvalue weighted by atomic mass is 28.4. The van der Waals surface area contributed by atoms with Crippen molar-refractivity contribution in [2.24, 2.45) is 23.2 Å². The zero-order chi connectivity index (χ0) is 32.6. The van der Waals surface area contributed by atoms with Crippen LogP contribution < -0.4 is 15.7 Å². The first kappa shape index (κ1) is 31.9. The lowest BCUT2D eigenvalue weighted by molar-refractivity contribution is -0.0686. The van der Waals surface area contributed by atoms with Crippen molar-refractivity contribution in [3.8, 4) is 0 Å². The van der Waals surface area contributed by atoms with Crippen LogP contribution in [0.3, 0.4) is 0 Å². The Morgan fingerprint density at radius 3 is 2.15 bits per heavy atom. The largest absolute Gasteiger partial charge is 0.441 e. The van der Waals surface area contributed by atoms with Crippen LogP contribution in [-0.2, 0) is 9.16 Å². The van der Waals surface area contributed by atoms with Crippen LogP contribution >= 0.6 is 0 Å². The average molecular weight is 644 g/mol. The van der Waals surface area contributed by atoms with Gasteiger partial charge in [0.1, 0.15) is 6.10 Å². The molecule has 3 aliphatic rings. The van der Waals surface area contributed by atoms with Gasteiger partial charge in [0.2, 0.25) is 0 Å². The van der Waals surface area contributed by atoms with Gasteiger partial charge in [-0.15, -0.1) is 0 Å². The van der Waals surface area contributed by atoms with E-state index in [0.29, 0.717) is 11.8 Å². The van der Waals surface area contributed by atoms with Crippen molar-refractivity contribution in [1.82, 2.24) is 0 Å². The van der Waals surface area contributed by atoms with Crippen molar-refractivity contribution in [1.29, 1.82) is 0 Å². The normalized spacial score (nSPS) is 28.1. The Morgan fingerprint density at radius 1 is 0.809 bits per heavy atom. The van der Waals surface area contributed by atoms with Crippen LogP contribution in [0.4, 0.5) is 10.5 Å². The second-order valence-electron chi connectivity index (χ2n) is 15.3. The van der Waals surface area contributed by atoms with E-state index in [1.54, 1.807) is 0 Å². The zero-order valence-corrected chi connectivity index (χ0v) is 29.3. The van der Waals surface area contributed by atoms with Crippen molar-refractivity contribution in [3.63, 3.8) is 0 Å². The van der Waals surface area contributed by atoms with Crippen LogP contribution in [0.2, 0.25) is 5.04 Å². The molecule has 4 nitrogen and oxygen atoms in total. The smallest absolute Gasteiger partial charge is 0.412 e. The van der Waals surface area contributed by atoms with E-state index in [4.69, 9.17) is 9.16 Å². The highest BCUT2D eigenvalue weighted by Crippen LogP contribution is 2.61. The predicted molar refractivity (Wildman–Crippen MR) is 196 cm³/mol. The molecule has 2 saturated carbocycles. The van der Waals surface area contributed by atoms with E-state index in [-0.39, 0.29) is 34.7 Å². The number of anilines is 1. The molecule has 4 aromatic rings. The third-order valence-electron chi connectivity index (χ3n) is 11.7. The monoisotopic (exact) mass is 643 g/mol. The molecular formula is C42H49NO3Si. The summed E-state index contributed by atoms with van der Waals surface area (Å²) in [5.41, 5.74) is 0.980. The van der Waals surface area contributed by atoms with E-state index in [2.05, 4.69) is 118 Å². The Kier molecular flexibility index (Phi) is 8.65. The third-order valence-corrected chi connectivity index (χ3v) is 16.8. The summed E-state index contributed by atoms with van der Waals surface area (Å²) in [4.78, 5) is 13.7. The summed E-state index contributed by atoms with van der Waals surface area (Å²) in [5, 5.41) is 7.77. The van der Waals surface area contributed by atoms with Gasteiger partial charge in [-0.25, -0.2) is 4.79 Å². The SMILES string of the molecule is C[C@@H]1CC[C@]23CC/C=C\[C@H](OC(=O)Nc4cccc5ccccc45)[C@H]1[C@@H]2[C@@H](O[Si](c1ccccc1)(c1ccccc1)C(C)(C)C)CC3. The fraction of sp³-hybridized carbons (Fsp3) is 0.405. The quantitative estimate of drug-likeness (QED) is 0.168. The number of allylic oxidation sites excluding steroid dienone is 1. The number of ether oxygens (including phenoxy) is 1. The standard InChI is InChI=1S/C42H49NO3Si/c1-30-25-28-42-27-14-13-24-36(45-40(44)43-35-23-15-17-31-16-11-12-22-34(31)35)38(30)39(42)37(26-29-42)46-47(41(2,3)4,32-18-7-5-8-19-32)33-20-9-6-10-21-33/h5-13,15-24,30,36-39H,14,25-29H2,1-4H3,(H,43,44)/b24-13-/t30-,36+,37+,38+,39+,42+/m1/s1. The Labute approximate surface area is 281 Å². The summed E-state index contributed by atoms with van der Waals surface area (Å²) >= 11 is 0. The average Bonchev–Trinajstić information content (AvgIpc) is 3.42. The van der Waals surface area contributed by atoms with Gasteiger partial charge < -0.3 is 9.16 Å². The summed E-state index contributed by atoms with van der Waals surface area (Å²) < 4.78 is 14.4. The highest BCUT2D eigenvalue weighted by molar-refractivity contribution is 6.99. The summed E-state index contributed by atoms with van der Waals surface area (Å²) in [6.07, 6.45) is 10.6. The lowest BCUT2D eigenvalue weighted by Gasteiger charge is -2.53. The van der Waals surface area contributed by atoms with Crippen LogP contribution in [0.25, 0.3) is 10.8 Å². The second kappa shape index (κ2) is 12.7. The molecule has 4 aromatic carbocycles. The van der Waals surface area contributed by atoms with Gasteiger partial charge in [-0.1, -0.05) is 131 Å². The first-order valence-electron chi connectivity index (χ1n) is 17.6. The summed E-state index contributed by atoms with van der Waals surface area (Å²) in [6, 6.07) is 36.2. The molecule has 2 fully saturated rings. The minimum atomic E-state index is -2.76. The van der Waals surface area contributed by atoms with Gasteiger partial charge in [0.25, 0.3) is 8.32 Å². The molecule has 0 aliphatic heterocycles. The Hall–Kier alpha value is -3.67. The van der Waals surface area contributed by atoms with Crippen LogP contribution in [0.5, 0.6) is 0 Å². The minimum absolute atomic E-state index is 0.0905. The van der Waals surface area contributed by atoms with Crippen LogP contribution in [-0.4, -0.2) is 26.6 Å². The molecule has 0 radical (unpaired) electrons. The number of hydrogen-bond donors (Lipinski definition) is 1. The number of carbonyl (C=O) groups excluding carboxylic acids is 1. The maximum atomic E-state index is 13.7. The third kappa shape index (κ3) is 5.76. The van der Waals surface area contributed by atoms with Crippen LogP contribution in [0, 0.1) is 23.2 Å². The molecular weight excluding hydrogens is 595 g/mol. The van der Waals surface area contributed by atoms with Crippen molar-refractivity contribution >= 4 is 41.2 Å². The summed E-state index contributed by atoms with van der Waals surface area (Å²) in [7, 11) is -2.76. The molecule has 0 spiro atoms. The lowest BCUT2D eigenvalue weighted by atomic mass is 9.56.